The maximum Gasteiger partial charge on any atom is 0.247 e. The lowest BCUT2D eigenvalue weighted by molar-refractivity contribution is 0.177. The Morgan fingerprint density at radius 2 is 1.88 bits per heavy atom. The highest BCUT2D eigenvalue weighted by molar-refractivity contribution is 7.89. The zero-order valence-corrected chi connectivity index (χ0v) is 15.6. The first-order valence-electron chi connectivity index (χ1n) is 8.10. The number of nitrogens with zero attached hydrogens (tertiary/aromatic N) is 2. The van der Waals surface area contributed by atoms with Crippen LogP contribution in [0.5, 0.6) is 5.75 Å². The van der Waals surface area contributed by atoms with Gasteiger partial charge in [0.25, 0.3) is 0 Å². The normalized spacial score (nSPS) is 11.7. The molecule has 1 aromatic carbocycles. The molecule has 0 N–H and O–H groups in total. The molecular weight excluding hydrogens is 340 g/mol. The summed E-state index contributed by atoms with van der Waals surface area (Å²) in [7, 11) is -2.19. The largest absolute Gasteiger partial charge is 0.492 e. The Labute approximate surface area is 149 Å². The summed E-state index contributed by atoms with van der Waals surface area (Å²) >= 11 is 0. The van der Waals surface area contributed by atoms with Crippen molar-refractivity contribution in [3.63, 3.8) is 0 Å². The number of benzene rings is 1. The Kier molecular flexibility index (Phi) is 6.92. The van der Waals surface area contributed by atoms with Gasteiger partial charge in [0.2, 0.25) is 10.0 Å². The van der Waals surface area contributed by atoms with E-state index in [0.29, 0.717) is 19.0 Å². The molecule has 2 rings (SSSR count). The molecule has 1 heterocycles. The molecule has 25 heavy (non-hydrogen) atoms. The average molecular weight is 364 g/mol. The van der Waals surface area contributed by atoms with Gasteiger partial charge < -0.3 is 9.47 Å². The minimum absolute atomic E-state index is 0.180. The highest BCUT2D eigenvalue weighted by Gasteiger charge is 2.28. The second kappa shape index (κ2) is 8.94. The van der Waals surface area contributed by atoms with E-state index in [1.54, 1.807) is 43.8 Å². The molecule has 136 valence electrons. The summed E-state index contributed by atoms with van der Waals surface area (Å²) in [5.41, 5.74) is 1.72. The number of hydrogen-bond acceptors (Lipinski definition) is 5. The summed E-state index contributed by atoms with van der Waals surface area (Å²) in [4.78, 5) is 4.15. The topological polar surface area (TPSA) is 68.7 Å². The molecule has 0 saturated heterocycles. The molecule has 2 aromatic rings. The maximum atomic E-state index is 13.3. The monoisotopic (exact) mass is 364 g/mol. The highest BCUT2D eigenvalue weighted by Crippen LogP contribution is 2.29. The van der Waals surface area contributed by atoms with Crippen LogP contribution in [0, 0.1) is 6.92 Å². The standard InChI is InChI=1S/C18H24N2O4S/c1-4-24-17-6-5-15(2)13-18(17)25(21,22)20(11-12-23-3)14-16-7-9-19-10-8-16/h5-10,13H,4,11-12,14H2,1-3H3. The molecule has 0 bridgehead atoms. The van der Waals surface area contributed by atoms with Crippen molar-refractivity contribution in [3.8, 4) is 5.75 Å². The number of sulfonamides is 1. The zero-order chi connectivity index (χ0) is 18.3. The van der Waals surface area contributed by atoms with Crippen molar-refractivity contribution in [2.75, 3.05) is 26.9 Å². The van der Waals surface area contributed by atoms with E-state index < -0.39 is 10.0 Å². The third-order valence-electron chi connectivity index (χ3n) is 3.67. The third kappa shape index (κ3) is 5.01. The molecule has 0 unspecified atom stereocenters. The molecule has 0 aliphatic rings. The summed E-state index contributed by atoms with van der Waals surface area (Å²) in [5.74, 6) is 0.366. The number of methoxy groups -OCH3 is 1. The molecule has 0 saturated carbocycles. The first-order valence-corrected chi connectivity index (χ1v) is 9.54. The molecule has 1 aromatic heterocycles. The van der Waals surface area contributed by atoms with Crippen molar-refractivity contribution in [1.82, 2.24) is 9.29 Å². The molecule has 0 spiro atoms. The van der Waals surface area contributed by atoms with Crippen molar-refractivity contribution >= 4 is 10.0 Å². The molecule has 0 aliphatic carbocycles. The first kappa shape index (κ1) is 19.4. The van der Waals surface area contributed by atoms with E-state index in [1.807, 2.05) is 19.9 Å². The zero-order valence-electron chi connectivity index (χ0n) is 14.8. The quantitative estimate of drug-likeness (QED) is 0.684. The number of hydrogen-bond donors (Lipinski definition) is 0. The van der Waals surface area contributed by atoms with Crippen molar-refractivity contribution in [3.05, 3.63) is 53.9 Å². The third-order valence-corrected chi connectivity index (χ3v) is 5.54. The van der Waals surface area contributed by atoms with Crippen LogP contribution in [0.1, 0.15) is 18.1 Å². The van der Waals surface area contributed by atoms with E-state index >= 15 is 0 Å². The van der Waals surface area contributed by atoms with Crippen LogP contribution in [-0.2, 0) is 21.3 Å². The average Bonchev–Trinajstić information content (AvgIpc) is 2.61. The van der Waals surface area contributed by atoms with Crippen LogP contribution in [0.4, 0.5) is 0 Å². The molecule has 0 amide bonds. The van der Waals surface area contributed by atoms with Gasteiger partial charge in [-0.15, -0.1) is 0 Å². The first-order chi connectivity index (χ1) is 12.0. The summed E-state index contributed by atoms with van der Waals surface area (Å²) < 4.78 is 38.6. The Balaban J connectivity index is 2.42. The fraction of sp³-hybridized carbons (Fsp3) is 0.389. The molecule has 0 fully saturated rings. The molecule has 0 radical (unpaired) electrons. The minimum Gasteiger partial charge on any atom is -0.492 e. The number of aryl methyl sites for hydroxylation is 1. The van der Waals surface area contributed by atoms with Crippen LogP contribution < -0.4 is 4.74 Å². The maximum absolute atomic E-state index is 13.3. The van der Waals surface area contributed by atoms with Crippen LogP contribution >= 0.6 is 0 Å². The van der Waals surface area contributed by atoms with Gasteiger partial charge in [0, 0.05) is 32.6 Å². The van der Waals surface area contributed by atoms with Crippen LogP contribution in [0.2, 0.25) is 0 Å². The predicted octanol–water partition coefficient (Wildman–Crippen LogP) is 2.63. The van der Waals surface area contributed by atoms with Crippen LogP contribution in [-0.4, -0.2) is 44.6 Å². The van der Waals surface area contributed by atoms with E-state index in [1.165, 1.54) is 4.31 Å². The van der Waals surface area contributed by atoms with Gasteiger partial charge in [-0.2, -0.15) is 4.31 Å². The number of aromatic nitrogens is 1. The van der Waals surface area contributed by atoms with Gasteiger partial charge >= 0.3 is 0 Å². The number of ether oxygens (including phenoxy) is 2. The molecule has 0 atom stereocenters. The number of pyridine rings is 1. The Hall–Kier alpha value is -1.96. The molecular formula is C18H24N2O4S. The van der Waals surface area contributed by atoms with Crippen LogP contribution in [0.25, 0.3) is 0 Å². The van der Waals surface area contributed by atoms with Gasteiger partial charge in [-0.3, -0.25) is 4.98 Å². The van der Waals surface area contributed by atoms with Gasteiger partial charge in [0.1, 0.15) is 10.6 Å². The van der Waals surface area contributed by atoms with Gasteiger partial charge in [0.15, 0.2) is 0 Å². The highest BCUT2D eigenvalue weighted by atomic mass is 32.2. The Morgan fingerprint density at radius 1 is 1.16 bits per heavy atom. The smallest absolute Gasteiger partial charge is 0.247 e. The Morgan fingerprint density at radius 3 is 2.52 bits per heavy atom. The summed E-state index contributed by atoms with van der Waals surface area (Å²) in [6, 6.07) is 8.79. The minimum atomic E-state index is -3.74. The fourth-order valence-corrected chi connectivity index (χ4v) is 4.03. The number of rotatable bonds is 9. The van der Waals surface area contributed by atoms with Crippen LogP contribution in [0.3, 0.4) is 0 Å². The van der Waals surface area contributed by atoms with Crippen molar-refractivity contribution in [2.45, 2.75) is 25.3 Å². The summed E-state index contributed by atoms with van der Waals surface area (Å²) in [6.07, 6.45) is 3.30. The summed E-state index contributed by atoms with van der Waals surface area (Å²) in [5, 5.41) is 0. The van der Waals surface area contributed by atoms with Crippen molar-refractivity contribution in [1.29, 1.82) is 0 Å². The molecule has 7 heteroatoms. The van der Waals surface area contributed by atoms with E-state index in [9.17, 15) is 8.42 Å². The van der Waals surface area contributed by atoms with E-state index in [-0.39, 0.29) is 18.0 Å². The second-order valence-electron chi connectivity index (χ2n) is 5.57. The van der Waals surface area contributed by atoms with Crippen molar-refractivity contribution < 1.29 is 17.9 Å². The summed E-state index contributed by atoms with van der Waals surface area (Å²) in [6.45, 7) is 4.88. The lowest BCUT2D eigenvalue weighted by Gasteiger charge is -2.23. The van der Waals surface area contributed by atoms with E-state index in [2.05, 4.69) is 4.98 Å². The lowest BCUT2D eigenvalue weighted by atomic mass is 10.2. The predicted molar refractivity (Wildman–Crippen MR) is 96.1 cm³/mol. The van der Waals surface area contributed by atoms with Crippen molar-refractivity contribution in [2.24, 2.45) is 0 Å². The Bertz CT molecular complexity index is 779. The second-order valence-corrected chi connectivity index (χ2v) is 7.48. The van der Waals surface area contributed by atoms with Gasteiger partial charge in [-0.1, -0.05) is 6.07 Å². The molecule has 6 nitrogen and oxygen atoms in total. The SMILES string of the molecule is CCOc1ccc(C)cc1S(=O)(=O)N(CCOC)Cc1ccncc1. The van der Waals surface area contributed by atoms with Gasteiger partial charge in [-0.25, -0.2) is 8.42 Å². The van der Waals surface area contributed by atoms with Gasteiger partial charge in [0.05, 0.1) is 13.2 Å². The fourth-order valence-electron chi connectivity index (χ4n) is 2.40. The van der Waals surface area contributed by atoms with Crippen LogP contribution in [0.15, 0.2) is 47.6 Å². The van der Waals surface area contributed by atoms with Gasteiger partial charge in [-0.05, 0) is 49.2 Å². The molecule has 0 aliphatic heterocycles. The van der Waals surface area contributed by atoms with E-state index in [4.69, 9.17) is 9.47 Å². The lowest BCUT2D eigenvalue weighted by Crippen LogP contribution is -2.33. The van der Waals surface area contributed by atoms with E-state index in [0.717, 1.165) is 11.1 Å².